The van der Waals surface area contributed by atoms with Crippen molar-refractivity contribution < 1.29 is 0 Å². The molecular formula is C8H12N2. The molecule has 0 saturated carbocycles. The van der Waals surface area contributed by atoms with Crippen LogP contribution in [0.5, 0.6) is 0 Å². The summed E-state index contributed by atoms with van der Waals surface area (Å²) in [6.45, 7) is 2.10. The quantitative estimate of drug-likeness (QED) is 0.513. The maximum absolute atomic E-state index is 3.34. The smallest absolute Gasteiger partial charge is 0.102 e. The molecule has 0 bridgehead atoms. The second-order valence-electron chi connectivity index (χ2n) is 2.71. The molecule has 2 heteroatoms. The Hall–Kier alpha value is -0.920. The van der Waals surface area contributed by atoms with Crippen molar-refractivity contribution in [3.8, 4) is 0 Å². The molecule has 0 atom stereocenters. The molecule has 2 rings (SSSR count). The minimum Gasteiger partial charge on any atom is -0.372 e. The molecule has 0 aromatic carbocycles. The Bertz CT molecular complexity index is 191. The van der Waals surface area contributed by atoms with Crippen molar-refractivity contribution in [2.75, 3.05) is 13.1 Å². The van der Waals surface area contributed by atoms with Gasteiger partial charge in [-0.1, -0.05) is 12.2 Å². The third-order valence-corrected chi connectivity index (χ3v) is 1.96. The fourth-order valence-corrected chi connectivity index (χ4v) is 1.44. The van der Waals surface area contributed by atoms with Crippen molar-refractivity contribution >= 4 is 0 Å². The van der Waals surface area contributed by atoms with Gasteiger partial charge in [-0.05, 0) is 18.4 Å². The average Bonchev–Trinajstić information content (AvgIpc) is 2.05. The lowest BCUT2D eigenvalue weighted by atomic mass is 10.0. The van der Waals surface area contributed by atoms with Gasteiger partial charge in [0.15, 0.2) is 0 Å². The zero-order chi connectivity index (χ0) is 6.81. The van der Waals surface area contributed by atoms with Crippen molar-refractivity contribution in [3.63, 3.8) is 0 Å². The van der Waals surface area contributed by atoms with Gasteiger partial charge in [-0.25, -0.2) is 0 Å². The van der Waals surface area contributed by atoms with Crippen molar-refractivity contribution in [2.45, 2.75) is 12.8 Å². The third kappa shape index (κ3) is 0.897. The predicted molar refractivity (Wildman–Crippen MR) is 41.4 cm³/mol. The fraction of sp³-hybridized carbons (Fsp3) is 0.500. The highest BCUT2D eigenvalue weighted by molar-refractivity contribution is 5.29. The van der Waals surface area contributed by atoms with Crippen LogP contribution in [-0.2, 0) is 0 Å². The van der Waals surface area contributed by atoms with E-state index >= 15 is 0 Å². The summed E-state index contributed by atoms with van der Waals surface area (Å²) in [7, 11) is 0. The summed E-state index contributed by atoms with van der Waals surface area (Å²) in [6, 6.07) is 0. The Kier molecular flexibility index (Phi) is 1.38. The van der Waals surface area contributed by atoms with E-state index in [1.807, 2.05) is 0 Å². The van der Waals surface area contributed by atoms with Gasteiger partial charge in [-0.15, -0.1) is 0 Å². The highest BCUT2D eigenvalue weighted by atomic mass is 15.1. The van der Waals surface area contributed by atoms with Crippen molar-refractivity contribution in [2.24, 2.45) is 0 Å². The SMILES string of the molecule is C1=CC2=C(NC1)NCCC2. The molecule has 2 aliphatic heterocycles. The first-order valence-electron chi connectivity index (χ1n) is 3.84. The number of hydrogen-bond acceptors (Lipinski definition) is 2. The van der Waals surface area contributed by atoms with E-state index in [4.69, 9.17) is 0 Å². The minimum absolute atomic E-state index is 0.978. The Labute approximate surface area is 61.0 Å². The molecule has 2 heterocycles. The fourth-order valence-electron chi connectivity index (χ4n) is 1.44. The lowest BCUT2D eigenvalue weighted by molar-refractivity contribution is 0.612. The molecule has 2 N–H and O–H groups in total. The monoisotopic (exact) mass is 136 g/mol. The van der Waals surface area contributed by atoms with Crippen LogP contribution in [0.3, 0.4) is 0 Å². The molecule has 0 amide bonds. The van der Waals surface area contributed by atoms with Crippen molar-refractivity contribution in [3.05, 3.63) is 23.5 Å². The molecule has 0 radical (unpaired) electrons. The lowest BCUT2D eigenvalue weighted by Gasteiger charge is -2.23. The van der Waals surface area contributed by atoms with Crippen molar-refractivity contribution in [1.82, 2.24) is 10.6 Å². The summed E-state index contributed by atoms with van der Waals surface area (Å²) in [4.78, 5) is 0. The Morgan fingerprint density at radius 2 is 2.30 bits per heavy atom. The first-order valence-corrected chi connectivity index (χ1v) is 3.84. The molecule has 0 spiro atoms. The highest BCUT2D eigenvalue weighted by Gasteiger charge is 2.10. The molecule has 54 valence electrons. The van der Waals surface area contributed by atoms with Gasteiger partial charge in [-0.2, -0.15) is 0 Å². The van der Waals surface area contributed by atoms with E-state index in [1.54, 1.807) is 0 Å². The Morgan fingerprint density at radius 1 is 1.30 bits per heavy atom. The summed E-state index contributed by atoms with van der Waals surface area (Å²) in [5.74, 6) is 1.26. The predicted octanol–water partition coefficient (Wildman–Crippen LogP) is 0.741. The summed E-state index contributed by atoms with van der Waals surface area (Å²) in [5.41, 5.74) is 1.44. The first kappa shape index (κ1) is 5.83. The zero-order valence-electron chi connectivity index (χ0n) is 5.98. The molecular weight excluding hydrogens is 124 g/mol. The standard InChI is InChI=1S/C8H12N2/c1-3-7-4-2-6-10-8(7)9-5-1/h1,3,9-10H,2,4-6H2. The summed E-state index contributed by atoms with van der Waals surface area (Å²) in [6.07, 6.45) is 6.89. The number of allylic oxidation sites excluding steroid dienone is 2. The van der Waals surface area contributed by atoms with Crippen LogP contribution >= 0.6 is 0 Å². The van der Waals surface area contributed by atoms with Crippen LogP contribution in [0.1, 0.15) is 12.8 Å². The van der Waals surface area contributed by atoms with Crippen LogP contribution < -0.4 is 10.6 Å². The number of hydrogen-bond donors (Lipinski definition) is 2. The summed E-state index contributed by atoms with van der Waals surface area (Å²) >= 11 is 0. The van der Waals surface area contributed by atoms with E-state index in [2.05, 4.69) is 22.8 Å². The Morgan fingerprint density at radius 3 is 3.20 bits per heavy atom. The molecule has 0 saturated heterocycles. The van der Waals surface area contributed by atoms with Crippen LogP contribution in [-0.4, -0.2) is 13.1 Å². The minimum atomic E-state index is 0.978. The van der Waals surface area contributed by atoms with E-state index in [0.717, 1.165) is 13.1 Å². The van der Waals surface area contributed by atoms with Crippen LogP contribution in [0.25, 0.3) is 0 Å². The number of nitrogens with one attached hydrogen (secondary N) is 2. The van der Waals surface area contributed by atoms with Gasteiger partial charge in [0.1, 0.15) is 5.82 Å². The molecule has 0 aromatic rings. The molecule has 0 aliphatic carbocycles. The lowest BCUT2D eigenvalue weighted by Crippen LogP contribution is -2.33. The third-order valence-electron chi connectivity index (χ3n) is 1.96. The van der Waals surface area contributed by atoms with Gasteiger partial charge in [-0.3, -0.25) is 0 Å². The largest absolute Gasteiger partial charge is 0.372 e. The summed E-state index contributed by atoms with van der Waals surface area (Å²) in [5, 5.41) is 6.64. The van der Waals surface area contributed by atoms with E-state index < -0.39 is 0 Å². The van der Waals surface area contributed by atoms with Crippen LogP contribution in [0.15, 0.2) is 23.5 Å². The molecule has 0 unspecified atom stereocenters. The molecule has 10 heavy (non-hydrogen) atoms. The maximum Gasteiger partial charge on any atom is 0.102 e. The first-order chi connectivity index (χ1) is 4.97. The molecule has 2 nitrogen and oxygen atoms in total. The normalized spacial score (nSPS) is 23.2. The molecule has 0 aromatic heterocycles. The van der Waals surface area contributed by atoms with Crippen molar-refractivity contribution in [1.29, 1.82) is 0 Å². The average molecular weight is 136 g/mol. The van der Waals surface area contributed by atoms with E-state index in [0.29, 0.717) is 0 Å². The second-order valence-corrected chi connectivity index (χ2v) is 2.71. The highest BCUT2D eigenvalue weighted by Crippen LogP contribution is 2.15. The van der Waals surface area contributed by atoms with Gasteiger partial charge in [0.2, 0.25) is 0 Å². The van der Waals surface area contributed by atoms with E-state index in [1.165, 1.54) is 24.2 Å². The van der Waals surface area contributed by atoms with Gasteiger partial charge < -0.3 is 10.6 Å². The maximum atomic E-state index is 3.34. The van der Waals surface area contributed by atoms with Gasteiger partial charge >= 0.3 is 0 Å². The Balaban J connectivity index is 2.23. The second kappa shape index (κ2) is 2.37. The summed E-state index contributed by atoms with van der Waals surface area (Å²) < 4.78 is 0. The molecule has 0 fully saturated rings. The zero-order valence-corrected chi connectivity index (χ0v) is 5.98. The van der Waals surface area contributed by atoms with E-state index in [-0.39, 0.29) is 0 Å². The number of rotatable bonds is 0. The topological polar surface area (TPSA) is 24.1 Å². The van der Waals surface area contributed by atoms with Crippen LogP contribution in [0, 0.1) is 0 Å². The van der Waals surface area contributed by atoms with Crippen LogP contribution in [0.4, 0.5) is 0 Å². The van der Waals surface area contributed by atoms with Gasteiger partial charge in [0.25, 0.3) is 0 Å². The van der Waals surface area contributed by atoms with Crippen LogP contribution in [0.2, 0.25) is 0 Å². The molecule has 2 aliphatic rings. The van der Waals surface area contributed by atoms with Gasteiger partial charge in [0, 0.05) is 13.1 Å². The van der Waals surface area contributed by atoms with E-state index in [9.17, 15) is 0 Å². The number of dihydropyridines is 1. The van der Waals surface area contributed by atoms with Gasteiger partial charge in [0.05, 0.1) is 0 Å².